The number of hydrogen-bond acceptors (Lipinski definition) is 3. The highest BCUT2D eigenvalue weighted by Crippen LogP contribution is 2.29. The maximum atomic E-state index is 12.4. The van der Waals surface area contributed by atoms with Crippen LogP contribution >= 0.6 is 22.9 Å². The van der Waals surface area contributed by atoms with E-state index in [0.29, 0.717) is 23.0 Å². The number of carbonyl (C=O) groups is 2. The number of thiophene rings is 1. The predicted octanol–water partition coefficient (Wildman–Crippen LogP) is 2.57. The van der Waals surface area contributed by atoms with E-state index in [4.69, 9.17) is 11.6 Å². The molecule has 1 aliphatic heterocycles. The summed E-state index contributed by atoms with van der Waals surface area (Å²) in [5.74, 6) is -0.163. The van der Waals surface area contributed by atoms with Crippen LogP contribution in [0.2, 0.25) is 5.02 Å². The fourth-order valence-electron chi connectivity index (χ4n) is 2.29. The molecule has 2 heterocycles. The van der Waals surface area contributed by atoms with Crippen molar-refractivity contribution in [3.63, 3.8) is 0 Å². The van der Waals surface area contributed by atoms with Gasteiger partial charge in [0, 0.05) is 20.1 Å². The zero-order valence-electron chi connectivity index (χ0n) is 11.6. The Labute approximate surface area is 127 Å². The van der Waals surface area contributed by atoms with Gasteiger partial charge in [0.2, 0.25) is 5.91 Å². The molecule has 0 spiro atoms. The normalized spacial score (nSPS) is 18.1. The molecule has 2 rings (SSSR count). The van der Waals surface area contributed by atoms with Gasteiger partial charge in [-0.2, -0.15) is 0 Å². The zero-order chi connectivity index (χ0) is 14.9. The van der Waals surface area contributed by atoms with Crippen molar-refractivity contribution in [2.75, 3.05) is 20.1 Å². The number of rotatable bonds is 3. The van der Waals surface area contributed by atoms with E-state index in [-0.39, 0.29) is 17.9 Å². The Bertz CT molecular complexity index is 555. The minimum Gasteiger partial charge on any atom is -0.337 e. The molecule has 0 radical (unpaired) electrons. The van der Waals surface area contributed by atoms with Gasteiger partial charge in [-0.05, 0) is 30.4 Å². The predicted molar refractivity (Wildman–Crippen MR) is 81.3 cm³/mol. The molecule has 4 nitrogen and oxygen atoms in total. The lowest BCUT2D eigenvalue weighted by atomic mass is 10.2. The van der Waals surface area contributed by atoms with Gasteiger partial charge in [0.1, 0.15) is 4.88 Å². The molecule has 20 heavy (non-hydrogen) atoms. The minimum atomic E-state index is -0.0849. The van der Waals surface area contributed by atoms with Gasteiger partial charge >= 0.3 is 0 Å². The van der Waals surface area contributed by atoms with Crippen LogP contribution in [0.3, 0.4) is 0 Å². The van der Waals surface area contributed by atoms with E-state index < -0.39 is 0 Å². The third-order valence-corrected chi connectivity index (χ3v) is 5.30. The molecule has 1 atom stereocenters. The van der Waals surface area contributed by atoms with Gasteiger partial charge in [0.25, 0.3) is 5.91 Å². The Morgan fingerprint density at radius 3 is 2.85 bits per heavy atom. The summed E-state index contributed by atoms with van der Waals surface area (Å²) in [6.07, 6.45) is 2.09. The summed E-state index contributed by atoms with van der Waals surface area (Å²) in [7, 11) is 1.76. The van der Waals surface area contributed by atoms with Crippen LogP contribution in [0.1, 0.15) is 21.7 Å². The maximum absolute atomic E-state index is 12.4. The highest BCUT2D eigenvalue weighted by molar-refractivity contribution is 7.13. The monoisotopic (exact) mass is 312 g/mol. The molecule has 1 fully saturated rings. The first-order valence-electron chi connectivity index (χ1n) is 6.37. The van der Waals surface area contributed by atoms with E-state index in [0.717, 1.165) is 12.0 Å². The number of likely N-dealkylation sites (tertiary alicyclic amines) is 1. The van der Waals surface area contributed by atoms with Crippen LogP contribution in [0.5, 0.6) is 0 Å². The van der Waals surface area contributed by atoms with Crippen molar-refractivity contribution in [3.8, 4) is 0 Å². The molecular formula is C14H17ClN2O2S. The van der Waals surface area contributed by atoms with Crippen molar-refractivity contribution >= 4 is 34.8 Å². The quantitative estimate of drug-likeness (QED) is 0.805. The molecule has 0 bridgehead atoms. The Balaban J connectivity index is 2.07. The summed E-state index contributed by atoms with van der Waals surface area (Å²) in [6, 6.07) is 0.0323. The molecule has 0 aromatic carbocycles. The van der Waals surface area contributed by atoms with Crippen molar-refractivity contribution in [2.24, 2.45) is 0 Å². The summed E-state index contributed by atoms with van der Waals surface area (Å²) in [5, 5.41) is 2.41. The van der Waals surface area contributed by atoms with Crippen LogP contribution < -0.4 is 0 Å². The Kier molecular flexibility index (Phi) is 4.50. The van der Waals surface area contributed by atoms with Crippen LogP contribution in [0.25, 0.3) is 0 Å². The van der Waals surface area contributed by atoms with E-state index in [1.165, 1.54) is 17.4 Å². The summed E-state index contributed by atoms with van der Waals surface area (Å²) < 4.78 is 0. The minimum absolute atomic E-state index is 0.0323. The van der Waals surface area contributed by atoms with Gasteiger partial charge < -0.3 is 9.80 Å². The first kappa shape index (κ1) is 15.1. The third kappa shape index (κ3) is 2.74. The van der Waals surface area contributed by atoms with Crippen LogP contribution in [-0.4, -0.2) is 47.8 Å². The molecule has 0 aliphatic carbocycles. The number of amides is 2. The first-order valence-corrected chi connectivity index (χ1v) is 7.63. The van der Waals surface area contributed by atoms with E-state index in [1.807, 2.05) is 12.3 Å². The fraction of sp³-hybridized carbons (Fsp3) is 0.429. The molecule has 6 heteroatoms. The average molecular weight is 313 g/mol. The fourth-order valence-corrected chi connectivity index (χ4v) is 3.54. The van der Waals surface area contributed by atoms with Crippen molar-refractivity contribution < 1.29 is 9.59 Å². The number of likely N-dealkylation sites (N-methyl/N-ethyl adjacent to an activating group) is 1. The first-order chi connectivity index (χ1) is 9.45. The van der Waals surface area contributed by atoms with Gasteiger partial charge in [0.15, 0.2) is 0 Å². The maximum Gasteiger partial charge on any atom is 0.265 e. The second kappa shape index (κ2) is 5.97. The lowest BCUT2D eigenvalue weighted by Gasteiger charge is -2.24. The molecular weight excluding hydrogens is 296 g/mol. The lowest BCUT2D eigenvalue weighted by molar-refractivity contribution is -0.125. The van der Waals surface area contributed by atoms with Crippen LogP contribution in [0, 0.1) is 6.92 Å². The molecule has 1 aromatic rings. The van der Waals surface area contributed by atoms with E-state index in [1.54, 1.807) is 16.8 Å². The van der Waals surface area contributed by atoms with Crippen molar-refractivity contribution in [3.05, 3.63) is 33.5 Å². The molecule has 2 amide bonds. The van der Waals surface area contributed by atoms with E-state index in [2.05, 4.69) is 6.58 Å². The Hall–Kier alpha value is -1.33. The topological polar surface area (TPSA) is 40.6 Å². The number of nitrogens with zero attached hydrogens (tertiary/aromatic N) is 2. The molecule has 1 aliphatic rings. The largest absolute Gasteiger partial charge is 0.337 e. The Morgan fingerprint density at radius 2 is 2.30 bits per heavy atom. The van der Waals surface area contributed by atoms with Crippen molar-refractivity contribution in [1.82, 2.24) is 9.80 Å². The molecule has 108 valence electrons. The van der Waals surface area contributed by atoms with Gasteiger partial charge in [-0.3, -0.25) is 9.59 Å². The van der Waals surface area contributed by atoms with Crippen molar-refractivity contribution in [1.29, 1.82) is 0 Å². The van der Waals surface area contributed by atoms with Crippen molar-refractivity contribution in [2.45, 2.75) is 19.4 Å². The number of halogens is 1. The van der Waals surface area contributed by atoms with Crippen LogP contribution in [0.4, 0.5) is 0 Å². The van der Waals surface area contributed by atoms with Crippen LogP contribution in [-0.2, 0) is 4.79 Å². The van der Waals surface area contributed by atoms with Gasteiger partial charge in [-0.1, -0.05) is 18.2 Å². The molecule has 0 N–H and O–H groups in total. The second-order valence-electron chi connectivity index (χ2n) is 4.91. The van der Waals surface area contributed by atoms with Gasteiger partial charge in [0.05, 0.1) is 11.1 Å². The average Bonchev–Trinajstić information content (AvgIpc) is 3.05. The van der Waals surface area contributed by atoms with E-state index in [9.17, 15) is 9.59 Å². The highest BCUT2D eigenvalue weighted by Gasteiger charge is 2.31. The highest BCUT2D eigenvalue weighted by atomic mass is 35.5. The molecule has 1 saturated heterocycles. The summed E-state index contributed by atoms with van der Waals surface area (Å²) in [4.78, 5) is 28.0. The van der Waals surface area contributed by atoms with Gasteiger partial charge in [-0.15, -0.1) is 11.3 Å². The molecule has 0 unspecified atom stereocenters. The smallest absolute Gasteiger partial charge is 0.265 e. The summed E-state index contributed by atoms with van der Waals surface area (Å²) >= 11 is 7.50. The molecule has 0 saturated carbocycles. The van der Waals surface area contributed by atoms with Gasteiger partial charge in [-0.25, -0.2) is 0 Å². The standard InChI is InChI=1S/C14H17ClN2O2S/c1-4-11(18)17-6-5-10(7-17)16(3)14(19)13-12(15)9(2)8-20-13/h4,8,10H,1,5-7H2,2-3H3/t10-/m1/s1. The number of aryl methyl sites for hydroxylation is 1. The summed E-state index contributed by atoms with van der Waals surface area (Å²) in [5.41, 5.74) is 0.920. The molecule has 1 aromatic heterocycles. The van der Waals surface area contributed by atoms with E-state index >= 15 is 0 Å². The Morgan fingerprint density at radius 1 is 1.60 bits per heavy atom. The SMILES string of the molecule is C=CC(=O)N1CC[C@@H](N(C)C(=O)c2scc(C)c2Cl)C1. The lowest BCUT2D eigenvalue weighted by Crippen LogP contribution is -2.39. The summed E-state index contributed by atoms with van der Waals surface area (Å²) in [6.45, 7) is 6.58. The number of carbonyl (C=O) groups excluding carboxylic acids is 2. The third-order valence-electron chi connectivity index (χ3n) is 3.61. The van der Waals surface area contributed by atoms with Crippen LogP contribution in [0.15, 0.2) is 18.0 Å². The zero-order valence-corrected chi connectivity index (χ0v) is 13.1. The second-order valence-corrected chi connectivity index (χ2v) is 6.17. The number of hydrogen-bond donors (Lipinski definition) is 0.